The van der Waals surface area contributed by atoms with E-state index in [4.69, 9.17) is 9.52 Å². The number of piperidine rings is 1. The largest absolute Gasteiger partial charge is 0.478 e. The Balaban J connectivity index is 1.88. The molecule has 2 rings (SSSR count). The van der Waals surface area contributed by atoms with Crippen LogP contribution in [-0.4, -0.2) is 41.0 Å². The number of hydrogen-bond donors (Lipinski definition) is 2. The van der Waals surface area contributed by atoms with Crippen LogP contribution < -0.4 is 5.32 Å². The number of hydrogen-bond acceptors (Lipinski definition) is 4. The fourth-order valence-corrected chi connectivity index (χ4v) is 2.58. The number of aryl methyl sites for hydroxylation is 1. The fraction of sp³-hybridized carbons (Fsp3) is 0.571. The number of carbonyl (C=O) groups excluding carboxylic acids is 1. The molecule has 0 radical (unpaired) electrons. The summed E-state index contributed by atoms with van der Waals surface area (Å²) in [5, 5.41) is 11.9. The van der Waals surface area contributed by atoms with E-state index in [-0.39, 0.29) is 17.5 Å². The van der Waals surface area contributed by atoms with Gasteiger partial charge in [-0.25, -0.2) is 4.79 Å². The summed E-state index contributed by atoms with van der Waals surface area (Å²) in [5.41, 5.74) is 0.230. The quantitative estimate of drug-likeness (QED) is 0.870. The van der Waals surface area contributed by atoms with E-state index < -0.39 is 5.97 Å². The van der Waals surface area contributed by atoms with E-state index in [1.54, 1.807) is 13.0 Å². The molecule has 1 amide bonds. The van der Waals surface area contributed by atoms with Crippen molar-refractivity contribution in [1.82, 2.24) is 10.2 Å². The molecule has 0 aliphatic carbocycles. The first kappa shape index (κ1) is 14.6. The molecule has 0 atom stereocenters. The number of rotatable bonds is 4. The molecule has 1 aromatic rings. The van der Waals surface area contributed by atoms with Crippen LogP contribution in [0.25, 0.3) is 0 Å². The van der Waals surface area contributed by atoms with Gasteiger partial charge in [0.25, 0.3) is 0 Å². The van der Waals surface area contributed by atoms with Crippen molar-refractivity contribution in [3.63, 3.8) is 0 Å². The van der Waals surface area contributed by atoms with E-state index in [1.807, 2.05) is 0 Å². The number of carboxylic acids is 1. The van der Waals surface area contributed by atoms with E-state index >= 15 is 0 Å². The molecule has 0 saturated carbocycles. The Hall–Kier alpha value is -1.82. The van der Waals surface area contributed by atoms with Crippen molar-refractivity contribution in [2.24, 2.45) is 0 Å². The van der Waals surface area contributed by atoms with Gasteiger partial charge in [-0.3, -0.25) is 9.69 Å². The molecule has 0 aromatic carbocycles. The molecule has 0 unspecified atom stereocenters. The number of likely N-dealkylation sites (tertiary alicyclic amines) is 1. The van der Waals surface area contributed by atoms with Gasteiger partial charge in [-0.05, 0) is 25.8 Å². The SMILES string of the molecule is CC(=O)NC1CCN(Cc2cc(C(=O)O)c(C)o2)CC1. The molecule has 0 bridgehead atoms. The molecule has 110 valence electrons. The molecule has 20 heavy (non-hydrogen) atoms. The second kappa shape index (κ2) is 6.09. The van der Waals surface area contributed by atoms with Crippen LogP contribution in [0, 0.1) is 6.92 Å². The van der Waals surface area contributed by atoms with Crippen molar-refractivity contribution >= 4 is 11.9 Å². The Morgan fingerprint density at radius 3 is 2.60 bits per heavy atom. The molecule has 0 spiro atoms. The standard InChI is InChI=1S/C14H20N2O4/c1-9-13(14(18)19)7-12(20-9)8-16-5-3-11(4-6-16)15-10(2)17/h7,11H,3-6,8H2,1-2H3,(H,15,17)(H,18,19). The van der Waals surface area contributed by atoms with Crippen LogP contribution in [0.2, 0.25) is 0 Å². The summed E-state index contributed by atoms with van der Waals surface area (Å²) in [7, 11) is 0. The third kappa shape index (κ3) is 3.60. The summed E-state index contributed by atoms with van der Waals surface area (Å²) < 4.78 is 5.48. The first-order valence-electron chi connectivity index (χ1n) is 6.77. The minimum atomic E-state index is -0.957. The third-order valence-electron chi connectivity index (χ3n) is 3.57. The maximum absolute atomic E-state index is 11.0. The smallest absolute Gasteiger partial charge is 0.339 e. The molecule has 2 N–H and O–H groups in total. The van der Waals surface area contributed by atoms with Crippen molar-refractivity contribution in [1.29, 1.82) is 0 Å². The second-order valence-corrected chi connectivity index (χ2v) is 5.24. The van der Waals surface area contributed by atoms with Crippen LogP contribution >= 0.6 is 0 Å². The summed E-state index contributed by atoms with van der Waals surface area (Å²) in [4.78, 5) is 24.2. The van der Waals surface area contributed by atoms with Gasteiger partial charge < -0.3 is 14.8 Å². The van der Waals surface area contributed by atoms with Crippen molar-refractivity contribution < 1.29 is 19.1 Å². The summed E-state index contributed by atoms with van der Waals surface area (Å²) in [6.07, 6.45) is 1.82. The topological polar surface area (TPSA) is 82.8 Å². The Morgan fingerprint density at radius 2 is 2.10 bits per heavy atom. The predicted molar refractivity (Wildman–Crippen MR) is 72.5 cm³/mol. The van der Waals surface area contributed by atoms with Gasteiger partial charge >= 0.3 is 5.97 Å². The summed E-state index contributed by atoms with van der Waals surface area (Å²) in [6, 6.07) is 1.84. The number of furan rings is 1. The monoisotopic (exact) mass is 280 g/mol. The van der Waals surface area contributed by atoms with E-state index in [0.29, 0.717) is 18.1 Å². The van der Waals surface area contributed by atoms with Gasteiger partial charge in [0.1, 0.15) is 17.1 Å². The number of nitrogens with zero attached hydrogens (tertiary/aromatic N) is 1. The van der Waals surface area contributed by atoms with Gasteiger partial charge in [0.15, 0.2) is 0 Å². The van der Waals surface area contributed by atoms with E-state index in [1.165, 1.54) is 6.92 Å². The molecule has 6 nitrogen and oxygen atoms in total. The zero-order valence-electron chi connectivity index (χ0n) is 11.8. The minimum absolute atomic E-state index is 0.0104. The number of nitrogens with one attached hydrogen (secondary N) is 1. The third-order valence-corrected chi connectivity index (χ3v) is 3.57. The summed E-state index contributed by atoms with van der Waals surface area (Å²) in [6.45, 7) is 5.54. The molecule has 1 saturated heterocycles. The maximum atomic E-state index is 11.0. The van der Waals surface area contributed by atoms with Crippen LogP contribution in [0.5, 0.6) is 0 Å². The lowest BCUT2D eigenvalue weighted by Gasteiger charge is -2.31. The first-order valence-corrected chi connectivity index (χ1v) is 6.77. The average Bonchev–Trinajstić information content (AvgIpc) is 2.72. The van der Waals surface area contributed by atoms with Gasteiger partial charge in [0.05, 0.1) is 6.54 Å². The molecule has 2 heterocycles. The van der Waals surface area contributed by atoms with Crippen molar-refractivity contribution in [3.05, 3.63) is 23.2 Å². The summed E-state index contributed by atoms with van der Waals surface area (Å²) in [5.74, 6) is 0.177. The van der Waals surface area contributed by atoms with Crippen LogP contribution in [0.4, 0.5) is 0 Å². The van der Waals surface area contributed by atoms with Crippen molar-refractivity contribution in [3.8, 4) is 0 Å². The van der Waals surface area contributed by atoms with Crippen LogP contribution in [-0.2, 0) is 11.3 Å². The lowest BCUT2D eigenvalue weighted by Crippen LogP contribution is -2.43. The number of carbonyl (C=O) groups is 2. The highest BCUT2D eigenvalue weighted by Gasteiger charge is 2.21. The molecule has 1 fully saturated rings. The van der Waals surface area contributed by atoms with Crippen LogP contribution in [0.3, 0.4) is 0 Å². The zero-order chi connectivity index (χ0) is 14.7. The van der Waals surface area contributed by atoms with Crippen molar-refractivity contribution in [2.45, 2.75) is 39.3 Å². The van der Waals surface area contributed by atoms with Crippen LogP contribution in [0.1, 0.15) is 41.6 Å². The van der Waals surface area contributed by atoms with Gasteiger partial charge in [-0.2, -0.15) is 0 Å². The lowest BCUT2D eigenvalue weighted by atomic mass is 10.0. The molecule has 6 heteroatoms. The lowest BCUT2D eigenvalue weighted by molar-refractivity contribution is -0.120. The molecule has 1 aliphatic rings. The predicted octanol–water partition coefficient (Wildman–Crippen LogP) is 1.39. The minimum Gasteiger partial charge on any atom is -0.478 e. The first-order chi connectivity index (χ1) is 9.45. The highest BCUT2D eigenvalue weighted by Crippen LogP contribution is 2.19. The normalized spacial score (nSPS) is 17.1. The molecular weight excluding hydrogens is 260 g/mol. The molecular formula is C14H20N2O4. The van der Waals surface area contributed by atoms with E-state index in [9.17, 15) is 9.59 Å². The molecule has 1 aromatic heterocycles. The van der Waals surface area contributed by atoms with Gasteiger partial charge in [0.2, 0.25) is 5.91 Å². The Morgan fingerprint density at radius 1 is 1.45 bits per heavy atom. The zero-order valence-corrected chi connectivity index (χ0v) is 11.8. The Bertz CT molecular complexity index is 501. The van der Waals surface area contributed by atoms with Crippen LogP contribution in [0.15, 0.2) is 10.5 Å². The average molecular weight is 280 g/mol. The highest BCUT2D eigenvalue weighted by atomic mass is 16.4. The van der Waals surface area contributed by atoms with E-state index in [2.05, 4.69) is 10.2 Å². The van der Waals surface area contributed by atoms with Gasteiger partial charge in [-0.1, -0.05) is 0 Å². The number of carboxylic acid groups (broad SMARTS) is 1. The summed E-state index contributed by atoms with van der Waals surface area (Å²) >= 11 is 0. The molecule has 1 aliphatic heterocycles. The van der Waals surface area contributed by atoms with Crippen molar-refractivity contribution in [2.75, 3.05) is 13.1 Å². The second-order valence-electron chi connectivity index (χ2n) is 5.24. The van der Waals surface area contributed by atoms with Gasteiger partial charge in [-0.15, -0.1) is 0 Å². The van der Waals surface area contributed by atoms with Gasteiger partial charge in [0, 0.05) is 26.1 Å². The van der Waals surface area contributed by atoms with E-state index in [0.717, 1.165) is 25.9 Å². The maximum Gasteiger partial charge on any atom is 0.339 e. The Labute approximate surface area is 117 Å². The number of aromatic carboxylic acids is 1. The highest BCUT2D eigenvalue weighted by molar-refractivity contribution is 5.88. The number of amides is 1. The fourth-order valence-electron chi connectivity index (χ4n) is 2.58. The Kier molecular flexibility index (Phi) is 4.44.